The van der Waals surface area contributed by atoms with Gasteiger partial charge in [0.15, 0.2) is 0 Å². The highest BCUT2D eigenvalue weighted by Crippen LogP contribution is 2.29. The van der Waals surface area contributed by atoms with Crippen LogP contribution in [0.1, 0.15) is 44.6 Å². The van der Waals surface area contributed by atoms with Crippen LogP contribution in [0.5, 0.6) is 0 Å². The molecule has 1 aromatic heterocycles. The first-order chi connectivity index (χ1) is 9.42. The molecule has 20 heavy (non-hydrogen) atoms. The molecule has 1 fully saturated rings. The first-order valence-corrected chi connectivity index (χ1v) is 8.73. The lowest BCUT2D eigenvalue weighted by atomic mass is 9.83. The van der Waals surface area contributed by atoms with E-state index in [1.165, 1.54) is 0 Å². The number of sulfonamides is 1. The summed E-state index contributed by atoms with van der Waals surface area (Å²) < 4.78 is 32.9. The Balaban J connectivity index is 2.03. The molecule has 2 N–H and O–H groups in total. The summed E-state index contributed by atoms with van der Waals surface area (Å²) in [6, 6.07) is 1.70. The molecule has 0 aliphatic heterocycles. The quantitative estimate of drug-likeness (QED) is 0.757. The monoisotopic (exact) mass is 300 g/mol. The Kier molecular flexibility index (Phi) is 4.88. The summed E-state index contributed by atoms with van der Waals surface area (Å²) in [4.78, 5) is 0.269. The molecule has 0 saturated heterocycles. The van der Waals surface area contributed by atoms with E-state index >= 15 is 0 Å². The average Bonchev–Trinajstić information content (AvgIpc) is 2.69. The smallest absolute Gasteiger partial charge is 0.244 e. The van der Waals surface area contributed by atoms with Gasteiger partial charge in [0.2, 0.25) is 10.0 Å². The maximum atomic E-state index is 12.3. The lowest BCUT2D eigenvalue weighted by Gasteiger charge is -2.32. The zero-order valence-electron chi connectivity index (χ0n) is 12.4. The van der Waals surface area contributed by atoms with Crippen LogP contribution in [0.15, 0.2) is 15.4 Å². The van der Waals surface area contributed by atoms with Gasteiger partial charge in [-0.25, -0.2) is 13.1 Å². The van der Waals surface area contributed by atoms with Crippen LogP contribution in [0.4, 0.5) is 0 Å². The van der Waals surface area contributed by atoms with Crippen molar-refractivity contribution in [3.8, 4) is 0 Å². The lowest BCUT2D eigenvalue weighted by Crippen LogP contribution is -2.43. The first-order valence-electron chi connectivity index (χ1n) is 7.24. The van der Waals surface area contributed by atoms with Gasteiger partial charge in [-0.1, -0.05) is 13.8 Å². The number of furan rings is 1. The van der Waals surface area contributed by atoms with E-state index in [2.05, 4.69) is 23.9 Å². The summed E-state index contributed by atoms with van der Waals surface area (Å²) in [6.45, 7) is 7.36. The predicted molar refractivity (Wildman–Crippen MR) is 78.0 cm³/mol. The van der Waals surface area contributed by atoms with Crippen molar-refractivity contribution in [2.45, 2.75) is 57.5 Å². The molecule has 1 aliphatic rings. The van der Waals surface area contributed by atoms with Gasteiger partial charge in [-0.2, -0.15) is 0 Å². The second-order valence-corrected chi connectivity index (χ2v) is 7.39. The third kappa shape index (κ3) is 3.62. The number of nitrogens with one attached hydrogen (secondary N) is 2. The summed E-state index contributed by atoms with van der Waals surface area (Å²) in [5, 5.41) is 3.20. The zero-order valence-corrected chi connectivity index (χ0v) is 13.2. The Bertz CT molecular complexity index is 545. The van der Waals surface area contributed by atoms with E-state index in [1.54, 1.807) is 13.0 Å². The Morgan fingerprint density at radius 2 is 2.10 bits per heavy atom. The van der Waals surface area contributed by atoms with Gasteiger partial charge in [-0.3, -0.25) is 0 Å². The summed E-state index contributed by atoms with van der Waals surface area (Å²) in [6.07, 6.45) is 2.87. The largest absolute Gasteiger partial charge is 0.464 e. The molecule has 0 spiro atoms. The van der Waals surface area contributed by atoms with Crippen LogP contribution in [0.3, 0.4) is 0 Å². The molecule has 0 unspecified atom stereocenters. The predicted octanol–water partition coefficient (Wildman–Crippen LogP) is 2.16. The topological polar surface area (TPSA) is 71.3 Å². The fraction of sp³-hybridized carbons (Fsp3) is 0.714. The molecule has 0 bridgehead atoms. The first kappa shape index (κ1) is 15.5. The molecule has 114 valence electrons. The van der Waals surface area contributed by atoms with Crippen LogP contribution in [-0.2, 0) is 16.6 Å². The van der Waals surface area contributed by atoms with E-state index in [9.17, 15) is 8.42 Å². The van der Waals surface area contributed by atoms with E-state index in [4.69, 9.17) is 4.42 Å². The number of hydrogen-bond acceptors (Lipinski definition) is 4. The third-order valence-corrected chi connectivity index (χ3v) is 5.26. The highest BCUT2D eigenvalue weighted by atomic mass is 32.2. The molecule has 6 heteroatoms. The Hall–Kier alpha value is -0.850. The minimum Gasteiger partial charge on any atom is -0.464 e. The normalized spacial score (nSPS) is 22.8. The summed E-state index contributed by atoms with van der Waals surface area (Å²) >= 11 is 0. The minimum absolute atomic E-state index is 0.0750. The molecule has 1 aliphatic carbocycles. The number of rotatable bonds is 7. The van der Waals surface area contributed by atoms with Crippen molar-refractivity contribution in [2.24, 2.45) is 5.92 Å². The standard InChI is InChI=1S/C14H24N2O3S/c1-4-5-15-9-13-8-14(11(3)19-13)20(17,18)16-12-6-10(2)7-12/h8,10,12,15-16H,4-7,9H2,1-3H3. The molecular formula is C14H24N2O3S. The van der Waals surface area contributed by atoms with Gasteiger partial charge >= 0.3 is 0 Å². The number of hydrogen-bond donors (Lipinski definition) is 2. The fourth-order valence-corrected chi connectivity index (χ4v) is 4.01. The van der Waals surface area contributed by atoms with Crippen molar-refractivity contribution < 1.29 is 12.8 Å². The highest BCUT2D eigenvalue weighted by molar-refractivity contribution is 7.89. The van der Waals surface area contributed by atoms with Gasteiger partial charge in [0.1, 0.15) is 16.4 Å². The summed E-state index contributed by atoms with van der Waals surface area (Å²) in [5.41, 5.74) is 0. The highest BCUT2D eigenvalue weighted by Gasteiger charge is 2.31. The molecule has 0 aromatic carbocycles. The van der Waals surface area contributed by atoms with Crippen molar-refractivity contribution in [1.29, 1.82) is 0 Å². The van der Waals surface area contributed by atoms with Crippen LogP contribution in [-0.4, -0.2) is 21.0 Å². The maximum Gasteiger partial charge on any atom is 0.244 e. The average molecular weight is 300 g/mol. The van der Waals surface area contributed by atoms with Gasteiger partial charge in [0, 0.05) is 12.1 Å². The molecule has 1 heterocycles. The molecule has 5 nitrogen and oxygen atoms in total. The van der Waals surface area contributed by atoms with Crippen molar-refractivity contribution in [2.75, 3.05) is 6.54 Å². The second-order valence-electron chi connectivity index (χ2n) is 5.70. The van der Waals surface area contributed by atoms with Gasteiger partial charge in [0.05, 0.1) is 6.54 Å². The second kappa shape index (κ2) is 6.28. The molecule has 0 amide bonds. The summed E-state index contributed by atoms with van der Waals surface area (Å²) in [5.74, 6) is 1.73. The SMILES string of the molecule is CCCNCc1cc(S(=O)(=O)NC2CC(C)C2)c(C)o1. The van der Waals surface area contributed by atoms with Crippen molar-refractivity contribution >= 4 is 10.0 Å². The van der Waals surface area contributed by atoms with Gasteiger partial charge in [0.25, 0.3) is 0 Å². The van der Waals surface area contributed by atoms with Gasteiger partial charge < -0.3 is 9.73 Å². The summed E-state index contributed by atoms with van der Waals surface area (Å²) in [7, 11) is -3.46. The molecule has 1 aromatic rings. The molecular weight excluding hydrogens is 276 g/mol. The van der Waals surface area contributed by atoms with Gasteiger partial charge in [-0.05, 0) is 38.6 Å². The molecule has 0 radical (unpaired) electrons. The van der Waals surface area contributed by atoms with Crippen molar-refractivity contribution in [3.63, 3.8) is 0 Å². The van der Waals surface area contributed by atoms with E-state index in [1.807, 2.05) is 0 Å². The van der Waals surface area contributed by atoms with E-state index in [-0.39, 0.29) is 10.9 Å². The molecule has 1 saturated carbocycles. The van der Waals surface area contributed by atoms with Crippen LogP contribution in [0.2, 0.25) is 0 Å². The zero-order chi connectivity index (χ0) is 14.8. The van der Waals surface area contributed by atoms with E-state index < -0.39 is 10.0 Å². The fourth-order valence-electron chi connectivity index (χ4n) is 2.55. The Labute approximate surface area is 121 Å². The Morgan fingerprint density at radius 3 is 2.70 bits per heavy atom. The Morgan fingerprint density at radius 1 is 1.40 bits per heavy atom. The lowest BCUT2D eigenvalue weighted by molar-refractivity contribution is 0.270. The van der Waals surface area contributed by atoms with Gasteiger partial charge in [-0.15, -0.1) is 0 Å². The van der Waals surface area contributed by atoms with Crippen LogP contribution in [0, 0.1) is 12.8 Å². The molecule has 2 rings (SSSR count). The van der Waals surface area contributed by atoms with Crippen molar-refractivity contribution in [3.05, 3.63) is 17.6 Å². The minimum atomic E-state index is -3.46. The maximum absolute atomic E-state index is 12.3. The third-order valence-electron chi connectivity index (χ3n) is 3.63. The number of aryl methyl sites for hydroxylation is 1. The van der Waals surface area contributed by atoms with E-state index in [0.717, 1.165) is 25.8 Å². The van der Waals surface area contributed by atoms with Crippen LogP contribution < -0.4 is 10.0 Å². The van der Waals surface area contributed by atoms with Crippen molar-refractivity contribution in [1.82, 2.24) is 10.0 Å². The van der Waals surface area contributed by atoms with Crippen LogP contribution >= 0.6 is 0 Å². The van der Waals surface area contributed by atoms with E-state index in [0.29, 0.717) is 24.0 Å². The van der Waals surface area contributed by atoms with Crippen LogP contribution in [0.25, 0.3) is 0 Å². The molecule has 0 atom stereocenters.